The Labute approximate surface area is 107 Å². The van der Waals surface area contributed by atoms with Crippen LogP contribution in [0.2, 0.25) is 0 Å². The lowest BCUT2D eigenvalue weighted by Gasteiger charge is -2.04. The monoisotopic (exact) mass is 243 g/mol. The molecule has 0 aliphatic carbocycles. The molecule has 94 valence electrons. The fourth-order valence-electron chi connectivity index (χ4n) is 1.88. The number of carbonyl (C=O) groups is 1. The molecule has 0 aliphatic rings. The summed E-state index contributed by atoms with van der Waals surface area (Å²) >= 11 is 0. The number of benzene rings is 1. The Morgan fingerprint density at radius 1 is 1.22 bits per heavy atom. The minimum atomic E-state index is 0.166. The van der Waals surface area contributed by atoms with Crippen molar-refractivity contribution in [1.29, 1.82) is 0 Å². The molecule has 0 atom stereocenters. The lowest BCUT2D eigenvalue weighted by Crippen LogP contribution is -2.07. The molecule has 1 heterocycles. The van der Waals surface area contributed by atoms with E-state index in [1.165, 1.54) is 11.1 Å². The Bertz CT molecular complexity index is 572. The Kier molecular flexibility index (Phi) is 3.55. The molecule has 0 saturated carbocycles. The van der Waals surface area contributed by atoms with Gasteiger partial charge in [0.05, 0.1) is 12.1 Å². The van der Waals surface area contributed by atoms with Crippen molar-refractivity contribution < 1.29 is 4.79 Å². The fourth-order valence-corrected chi connectivity index (χ4v) is 1.88. The summed E-state index contributed by atoms with van der Waals surface area (Å²) in [6, 6.07) is 6.14. The summed E-state index contributed by atoms with van der Waals surface area (Å²) in [5, 5.41) is 7.74. The van der Waals surface area contributed by atoms with E-state index < -0.39 is 0 Å². The smallest absolute Gasteiger partial charge is 0.143 e. The van der Waals surface area contributed by atoms with E-state index in [1.807, 2.05) is 6.07 Å². The highest BCUT2D eigenvalue weighted by Gasteiger charge is 2.08. The summed E-state index contributed by atoms with van der Waals surface area (Å²) in [6.07, 6.45) is 2.58. The van der Waals surface area contributed by atoms with Crippen LogP contribution in [0.1, 0.15) is 22.4 Å². The number of aryl methyl sites for hydroxylation is 3. The second kappa shape index (κ2) is 5.12. The van der Waals surface area contributed by atoms with Gasteiger partial charge in [0.1, 0.15) is 5.78 Å². The maximum Gasteiger partial charge on any atom is 0.143 e. The Morgan fingerprint density at radius 3 is 2.61 bits per heavy atom. The van der Waals surface area contributed by atoms with Gasteiger partial charge >= 0.3 is 0 Å². The van der Waals surface area contributed by atoms with Gasteiger partial charge in [0.15, 0.2) is 0 Å². The van der Waals surface area contributed by atoms with Gasteiger partial charge in [-0.2, -0.15) is 0 Å². The molecule has 0 fully saturated rings. The zero-order valence-electron chi connectivity index (χ0n) is 11.0. The van der Waals surface area contributed by atoms with Gasteiger partial charge in [-0.3, -0.25) is 9.48 Å². The second-order valence-corrected chi connectivity index (χ2v) is 4.69. The molecule has 0 saturated heterocycles. The van der Waals surface area contributed by atoms with Crippen molar-refractivity contribution in [1.82, 2.24) is 15.0 Å². The Balaban J connectivity index is 2.00. The fraction of sp³-hybridized carbons (Fsp3) is 0.357. The summed E-state index contributed by atoms with van der Waals surface area (Å²) in [7, 11) is 1.80. The van der Waals surface area contributed by atoms with Crippen molar-refractivity contribution in [3.05, 3.63) is 46.8 Å². The van der Waals surface area contributed by atoms with E-state index in [0.29, 0.717) is 12.8 Å². The predicted octanol–water partition coefficient (Wildman–Crippen LogP) is 1.79. The molecule has 18 heavy (non-hydrogen) atoms. The highest BCUT2D eigenvalue weighted by molar-refractivity contribution is 5.82. The molecule has 4 heteroatoms. The average Bonchev–Trinajstić information content (AvgIpc) is 2.69. The van der Waals surface area contributed by atoms with Crippen molar-refractivity contribution >= 4 is 5.78 Å². The molecule has 0 bridgehead atoms. The average molecular weight is 243 g/mol. The van der Waals surface area contributed by atoms with Crippen molar-refractivity contribution in [2.75, 3.05) is 0 Å². The first-order chi connectivity index (χ1) is 8.54. The quantitative estimate of drug-likeness (QED) is 0.822. The van der Waals surface area contributed by atoms with Crippen LogP contribution in [0.15, 0.2) is 24.4 Å². The van der Waals surface area contributed by atoms with Crippen molar-refractivity contribution in [2.24, 2.45) is 7.05 Å². The molecule has 0 spiro atoms. The molecular formula is C14H17N3O. The van der Waals surface area contributed by atoms with E-state index >= 15 is 0 Å². The van der Waals surface area contributed by atoms with Gasteiger partial charge < -0.3 is 0 Å². The number of ketones is 1. The Morgan fingerprint density at radius 2 is 2.00 bits per heavy atom. The maximum atomic E-state index is 11.9. The first-order valence-corrected chi connectivity index (χ1v) is 5.97. The molecule has 0 unspecified atom stereocenters. The van der Waals surface area contributed by atoms with Crippen molar-refractivity contribution in [2.45, 2.75) is 26.7 Å². The SMILES string of the molecule is Cc1ccc(CC(=O)Cc2cn(C)nn2)cc1C. The van der Waals surface area contributed by atoms with Crippen LogP contribution in [0, 0.1) is 13.8 Å². The van der Waals surface area contributed by atoms with Crippen molar-refractivity contribution in [3.8, 4) is 0 Å². The molecule has 0 amide bonds. The number of rotatable bonds is 4. The third kappa shape index (κ3) is 3.03. The number of aromatic nitrogens is 3. The summed E-state index contributed by atoms with van der Waals surface area (Å²) in [6.45, 7) is 4.13. The molecule has 0 aliphatic heterocycles. The van der Waals surface area contributed by atoms with E-state index in [1.54, 1.807) is 17.9 Å². The van der Waals surface area contributed by atoms with Crippen LogP contribution in [-0.2, 0) is 24.7 Å². The Hall–Kier alpha value is -1.97. The van der Waals surface area contributed by atoms with E-state index in [-0.39, 0.29) is 5.78 Å². The topological polar surface area (TPSA) is 47.8 Å². The lowest BCUT2D eigenvalue weighted by atomic mass is 10.0. The van der Waals surface area contributed by atoms with Gasteiger partial charge in [0.2, 0.25) is 0 Å². The van der Waals surface area contributed by atoms with E-state index in [0.717, 1.165) is 11.3 Å². The van der Waals surface area contributed by atoms with Crippen molar-refractivity contribution in [3.63, 3.8) is 0 Å². The summed E-state index contributed by atoms with van der Waals surface area (Å²) in [5.41, 5.74) is 4.26. The van der Waals surface area contributed by atoms with E-state index in [4.69, 9.17) is 0 Å². The van der Waals surface area contributed by atoms with Crippen LogP contribution in [0.4, 0.5) is 0 Å². The zero-order valence-corrected chi connectivity index (χ0v) is 11.0. The van der Waals surface area contributed by atoms with Gasteiger partial charge in [0, 0.05) is 19.7 Å². The first kappa shape index (κ1) is 12.5. The number of hydrogen-bond donors (Lipinski definition) is 0. The van der Waals surface area contributed by atoms with Gasteiger partial charge in [-0.25, -0.2) is 0 Å². The zero-order chi connectivity index (χ0) is 13.1. The van der Waals surface area contributed by atoms with E-state index in [9.17, 15) is 4.79 Å². The molecule has 2 aromatic rings. The number of carbonyl (C=O) groups excluding carboxylic acids is 1. The third-order valence-electron chi connectivity index (χ3n) is 3.00. The van der Waals surface area contributed by atoms with Gasteiger partial charge in [-0.05, 0) is 30.5 Å². The number of Topliss-reactive ketones (excluding diaryl/α,β-unsaturated/α-hetero) is 1. The highest BCUT2D eigenvalue weighted by atomic mass is 16.1. The molecule has 1 aromatic carbocycles. The largest absolute Gasteiger partial charge is 0.299 e. The number of nitrogens with zero attached hydrogens (tertiary/aromatic N) is 3. The van der Waals surface area contributed by atoms with Crippen LogP contribution >= 0.6 is 0 Å². The molecule has 2 rings (SSSR count). The maximum absolute atomic E-state index is 11.9. The lowest BCUT2D eigenvalue weighted by molar-refractivity contribution is -0.117. The van der Waals surface area contributed by atoms with Gasteiger partial charge in [-0.1, -0.05) is 23.4 Å². The van der Waals surface area contributed by atoms with Crippen LogP contribution < -0.4 is 0 Å². The standard InChI is InChI=1S/C14H17N3O/c1-10-4-5-12(6-11(10)2)7-14(18)8-13-9-17(3)16-15-13/h4-6,9H,7-8H2,1-3H3. The van der Waals surface area contributed by atoms with Gasteiger partial charge in [0.25, 0.3) is 0 Å². The van der Waals surface area contributed by atoms with Crippen LogP contribution in [0.25, 0.3) is 0 Å². The summed E-state index contributed by atoms with van der Waals surface area (Å²) in [5.74, 6) is 0.166. The minimum absolute atomic E-state index is 0.166. The molecule has 1 aromatic heterocycles. The van der Waals surface area contributed by atoms with Crippen LogP contribution in [0.5, 0.6) is 0 Å². The molecule has 4 nitrogen and oxygen atoms in total. The summed E-state index contributed by atoms with van der Waals surface area (Å²) in [4.78, 5) is 11.9. The normalized spacial score (nSPS) is 10.6. The first-order valence-electron chi connectivity index (χ1n) is 5.97. The second-order valence-electron chi connectivity index (χ2n) is 4.69. The molecular weight excluding hydrogens is 226 g/mol. The highest BCUT2D eigenvalue weighted by Crippen LogP contribution is 2.11. The van der Waals surface area contributed by atoms with E-state index in [2.05, 4.69) is 36.3 Å². The molecule has 0 radical (unpaired) electrons. The summed E-state index contributed by atoms with van der Waals surface area (Å²) < 4.78 is 1.61. The minimum Gasteiger partial charge on any atom is -0.299 e. The third-order valence-corrected chi connectivity index (χ3v) is 3.00. The van der Waals surface area contributed by atoms with Crippen LogP contribution in [-0.4, -0.2) is 20.8 Å². The predicted molar refractivity (Wildman–Crippen MR) is 69.3 cm³/mol. The van der Waals surface area contributed by atoms with Gasteiger partial charge in [-0.15, -0.1) is 5.10 Å². The molecule has 0 N–H and O–H groups in total. The number of hydrogen-bond acceptors (Lipinski definition) is 3. The van der Waals surface area contributed by atoms with Crippen LogP contribution in [0.3, 0.4) is 0 Å².